The van der Waals surface area contributed by atoms with Gasteiger partial charge >= 0.3 is 0 Å². The van der Waals surface area contributed by atoms with E-state index in [1.54, 1.807) is 19.2 Å². The molecule has 1 amide bonds. The van der Waals surface area contributed by atoms with Gasteiger partial charge in [0.2, 0.25) is 11.9 Å². The Labute approximate surface area is 212 Å². The van der Waals surface area contributed by atoms with Crippen molar-refractivity contribution in [2.45, 2.75) is 81.1 Å². The lowest BCUT2D eigenvalue weighted by atomic mass is 9.77. The Bertz CT molecular complexity index is 1310. The maximum atomic E-state index is 14.7. The molecule has 3 heterocycles. The van der Waals surface area contributed by atoms with Gasteiger partial charge in [0, 0.05) is 29.9 Å². The number of carbonyl (C=O) groups is 1. The Hall–Kier alpha value is -2.79. The minimum Gasteiger partial charge on any atom is -0.365 e. The maximum Gasteiger partial charge on any atom is 0.248 e. The van der Waals surface area contributed by atoms with E-state index in [0.717, 1.165) is 19.0 Å². The van der Waals surface area contributed by atoms with Gasteiger partial charge in [-0.2, -0.15) is 4.98 Å². The molecular weight excluding hydrogens is 483 g/mol. The van der Waals surface area contributed by atoms with Crippen LogP contribution in [0.5, 0.6) is 0 Å². The van der Waals surface area contributed by atoms with Crippen LogP contribution in [0.2, 0.25) is 0 Å². The second-order valence-corrected chi connectivity index (χ2v) is 14.0. The first kappa shape index (κ1) is 26.3. The van der Waals surface area contributed by atoms with Crippen molar-refractivity contribution in [2.24, 2.45) is 0 Å². The van der Waals surface area contributed by atoms with E-state index in [0.29, 0.717) is 11.4 Å². The predicted octanol–water partition coefficient (Wildman–Crippen LogP) is 3.95. The highest BCUT2D eigenvalue weighted by atomic mass is 32.2. The fraction of sp³-hybridized carbons (Fsp3) is 0.560. The summed E-state index contributed by atoms with van der Waals surface area (Å²) in [4.78, 5) is 24.7. The van der Waals surface area contributed by atoms with E-state index in [1.165, 1.54) is 24.8 Å². The molecule has 0 spiro atoms. The molecular formula is C25H35FN6O3S. The number of sulfone groups is 1. The number of nitrogens with one attached hydrogen (secondary N) is 2. The third-order valence-corrected chi connectivity index (χ3v) is 10.2. The van der Waals surface area contributed by atoms with E-state index < -0.39 is 26.3 Å². The molecule has 1 aromatic carbocycles. The molecule has 1 saturated heterocycles. The van der Waals surface area contributed by atoms with Crippen molar-refractivity contribution in [2.75, 3.05) is 29.6 Å². The Kier molecular flexibility index (Phi) is 6.11. The average molecular weight is 519 g/mol. The topological polar surface area (TPSA) is 108 Å². The number of carbonyl (C=O) groups excluding carboxylic acids is 1. The Morgan fingerprint density at radius 1 is 1.06 bits per heavy atom. The van der Waals surface area contributed by atoms with Crippen LogP contribution in [-0.2, 0) is 14.6 Å². The molecule has 9 nitrogen and oxygen atoms in total. The van der Waals surface area contributed by atoms with Crippen LogP contribution in [0.25, 0.3) is 0 Å². The number of nitrogens with zero attached hydrogens (tertiary/aromatic N) is 4. The van der Waals surface area contributed by atoms with Gasteiger partial charge in [0.1, 0.15) is 4.75 Å². The van der Waals surface area contributed by atoms with E-state index in [2.05, 4.69) is 60.2 Å². The van der Waals surface area contributed by atoms with E-state index in [9.17, 15) is 17.6 Å². The Morgan fingerprint density at radius 3 is 2.28 bits per heavy atom. The molecule has 0 atom stereocenters. The molecule has 0 radical (unpaired) electrons. The van der Waals surface area contributed by atoms with Crippen molar-refractivity contribution in [3.63, 3.8) is 0 Å². The molecule has 1 fully saturated rings. The number of amides is 1. The van der Waals surface area contributed by atoms with E-state index in [4.69, 9.17) is 0 Å². The van der Waals surface area contributed by atoms with Gasteiger partial charge in [-0.25, -0.2) is 17.8 Å². The highest BCUT2D eigenvalue weighted by molar-refractivity contribution is 7.94. The van der Waals surface area contributed by atoms with Crippen LogP contribution in [0, 0.1) is 5.82 Å². The number of rotatable bonds is 4. The molecule has 2 N–H and O–H groups in total. The van der Waals surface area contributed by atoms with Gasteiger partial charge in [-0.3, -0.25) is 9.69 Å². The van der Waals surface area contributed by atoms with Crippen LogP contribution in [-0.4, -0.2) is 65.2 Å². The average Bonchev–Trinajstić information content (AvgIpc) is 2.77. The molecule has 2 aliphatic rings. The van der Waals surface area contributed by atoms with Crippen molar-refractivity contribution in [3.05, 3.63) is 30.2 Å². The highest BCUT2D eigenvalue weighted by Gasteiger charge is 2.50. The summed E-state index contributed by atoms with van der Waals surface area (Å²) in [5.41, 5.74) is 0.553. The summed E-state index contributed by atoms with van der Waals surface area (Å²) >= 11 is 0. The number of halogens is 1. The van der Waals surface area contributed by atoms with E-state index in [1.807, 2.05) is 0 Å². The number of benzene rings is 1. The van der Waals surface area contributed by atoms with E-state index >= 15 is 0 Å². The first-order valence-corrected chi connectivity index (χ1v) is 13.4. The first-order valence-electron chi connectivity index (χ1n) is 11.9. The standard InChI is InChI=1S/C25H35FN6O3S/c1-23(2)12-16(13-24(3,4)32(23)8)28-20-17(26)14-27-22(30-20)29-15-9-10-18-19(11-15)36(34,35)25(5,6)21(33)31(18)7/h9-11,14,16H,12-13H2,1-8H3,(H2,27,28,29,30). The molecule has 11 heteroatoms. The molecule has 0 unspecified atom stereocenters. The molecule has 1 aromatic heterocycles. The van der Waals surface area contributed by atoms with Crippen molar-refractivity contribution in [3.8, 4) is 0 Å². The molecule has 4 rings (SSSR count). The normalized spacial score (nSPS) is 22.7. The third kappa shape index (κ3) is 4.21. The summed E-state index contributed by atoms with van der Waals surface area (Å²) in [6, 6.07) is 4.66. The van der Waals surface area contributed by atoms with Crippen molar-refractivity contribution in [1.82, 2.24) is 14.9 Å². The lowest BCUT2D eigenvalue weighted by Gasteiger charge is -2.53. The summed E-state index contributed by atoms with van der Waals surface area (Å²) < 4.78 is 39.4. The van der Waals surface area contributed by atoms with Gasteiger partial charge in [0.25, 0.3) is 0 Å². The van der Waals surface area contributed by atoms with Crippen LogP contribution in [0.1, 0.15) is 54.4 Å². The van der Waals surface area contributed by atoms with Gasteiger partial charge in [-0.1, -0.05) is 0 Å². The summed E-state index contributed by atoms with van der Waals surface area (Å²) in [7, 11) is -0.265. The molecule has 0 aliphatic carbocycles. The fourth-order valence-electron chi connectivity index (χ4n) is 5.31. The van der Waals surface area contributed by atoms with E-state index in [-0.39, 0.29) is 33.8 Å². The maximum absolute atomic E-state index is 14.7. The van der Waals surface area contributed by atoms with Crippen molar-refractivity contribution < 1.29 is 17.6 Å². The minimum atomic E-state index is -3.93. The Balaban J connectivity index is 1.61. The minimum absolute atomic E-state index is 0.00708. The molecule has 0 bridgehead atoms. The van der Waals surface area contributed by atoms with Gasteiger partial charge in [0.05, 0.1) is 16.8 Å². The third-order valence-electron chi connectivity index (χ3n) is 7.75. The second-order valence-electron chi connectivity index (χ2n) is 11.5. The summed E-state index contributed by atoms with van der Waals surface area (Å²) in [5, 5.41) is 6.24. The van der Waals surface area contributed by atoms with Crippen molar-refractivity contribution >= 4 is 38.9 Å². The predicted molar refractivity (Wildman–Crippen MR) is 139 cm³/mol. The molecule has 0 saturated carbocycles. The zero-order valence-corrected chi connectivity index (χ0v) is 22.9. The molecule has 36 heavy (non-hydrogen) atoms. The lowest BCUT2D eigenvalue weighted by molar-refractivity contribution is -0.120. The number of hydrogen-bond donors (Lipinski definition) is 2. The van der Waals surface area contributed by atoms with Gasteiger partial charge in [0.15, 0.2) is 21.5 Å². The number of fused-ring (bicyclic) bond motifs is 1. The van der Waals surface area contributed by atoms with Gasteiger partial charge in [-0.05, 0) is 79.6 Å². The van der Waals surface area contributed by atoms with Crippen LogP contribution >= 0.6 is 0 Å². The largest absolute Gasteiger partial charge is 0.365 e. The SMILES string of the molecule is CN1C(=O)C(C)(C)S(=O)(=O)c2cc(Nc3ncc(F)c(NC4CC(C)(C)N(C)C(C)(C)C4)n3)ccc21. The number of hydrogen-bond acceptors (Lipinski definition) is 8. The first-order chi connectivity index (χ1) is 16.5. The van der Waals surface area contributed by atoms with Gasteiger partial charge < -0.3 is 15.5 Å². The van der Waals surface area contributed by atoms with Crippen molar-refractivity contribution in [1.29, 1.82) is 0 Å². The molecule has 2 aromatic rings. The quantitative estimate of drug-likeness (QED) is 0.627. The van der Waals surface area contributed by atoms with Crippen LogP contribution in [0.3, 0.4) is 0 Å². The monoisotopic (exact) mass is 518 g/mol. The number of piperidine rings is 1. The fourth-order valence-corrected chi connectivity index (χ4v) is 6.99. The summed E-state index contributed by atoms with van der Waals surface area (Å²) in [5.74, 6) is -0.841. The second kappa shape index (κ2) is 8.37. The van der Waals surface area contributed by atoms with Gasteiger partial charge in [-0.15, -0.1) is 0 Å². The number of likely N-dealkylation sites (tertiary alicyclic amines) is 1. The zero-order chi connectivity index (χ0) is 26.8. The number of aromatic nitrogens is 2. The summed E-state index contributed by atoms with van der Waals surface area (Å²) in [6.07, 6.45) is 2.71. The Morgan fingerprint density at radius 2 is 1.67 bits per heavy atom. The van der Waals surface area contributed by atoms with Crippen LogP contribution < -0.4 is 15.5 Å². The zero-order valence-electron chi connectivity index (χ0n) is 22.1. The molecule has 2 aliphatic heterocycles. The number of anilines is 4. The van der Waals surface area contributed by atoms with Crippen LogP contribution in [0.4, 0.5) is 27.5 Å². The lowest BCUT2D eigenvalue weighted by Crippen LogP contribution is -2.61. The van der Waals surface area contributed by atoms with Crippen LogP contribution in [0.15, 0.2) is 29.3 Å². The summed E-state index contributed by atoms with van der Waals surface area (Å²) in [6.45, 7) is 11.5. The smallest absolute Gasteiger partial charge is 0.248 e. The molecule has 196 valence electrons. The highest BCUT2D eigenvalue weighted by Crippen LogP contribution is 2.41.